The number of hydrogen-bond acceptors (Lipinski definition) is 2. The number of benzene rings is 2. The molecule has 0 fully saturated rings. The van der Waals surface area contributed by atoms with E-state index in [9.17, 15) is 4.79 Å². The van der Waals surface area contributed by atoms with E-state index in [2.05, 4.69) is 0 Å². The first-order valence-corrected chi connectivity index (χ1v) is 6.73. The molecule has 0 bridgehead atoms. The molecule has 0 saturated carbocycles. The Hall–Kier alpha value is -2.06. The van der Waals surface area contributed by atoms with Gasteiger partial charge in [-0.2, -0.15) is 0 Å². The zero-order valence-electron chi connectivity index (χ0n) is 11.2. The highest BCUT2D eigenvalue weighted by atomic mass is 35.5. The lowest BCUT2D eigenvalue weighted by molar-refractivity contribution is 0.101. The van der Waals surface area contributed by atoms with Gasteiger partial charge in [0.25, 0.3) is 0 Å². The van der Waals surface area contributed by atoms with E-state index in [1.165, 1.54) is 0 Å². The predicted octanol–water partition coefficient (Wildman–Crippen LogP) is 4.93. The first-order valence-electron chi connectivity index (χ1n) is 6.35. The maximum absolute atomic E-state index is 12.4. The molecule has 0 spiro atoms. The van der Waals surface area contributed by atoms with Crippen molar-refractivity contribution in [3.8, 4) is 0 Å². The van der Waals surface area contributed by atoms with Gasteiger partial charge in [-0.25, -0.2) is 0 Å². The zero-order valence-corrected chi connectivity index (χ0v) is 12.0. The molecule has 0 aliphatic heterocycles. The lowest BCUT2D eigenvalue weighted by Crippen LogP contribution is -2.00. The van der Waals surface area contributed by atoms with Crippen molar-refractivity contribution >= 4 is 28.4 Å². The molecule has 20 heavy (non-hydrogen) atoms. The van der Waals surface area contributed by atoms with E-state index in [1.54, 1.807) is 24.3 Å². The van der Waals surface area contributed by atoms with Crippen molar-refractivity contribution < 1.29 is 9.21 Å². The lowest BCUT2D eigenvalue weighted by Gasteiger charge is -2.02. The van der Waals surface area contributed by atoms with Gasteiger partial charge in [-0.3, -0.25) is 4.79 Å². The van der Waals surface area contributed by atoms with Crippen LogP contribution in [-0.2, 0) is 0 Å². The quantitative estimate of drug-likeness (QED) is 0.624. The third-order valence-corrected chi connectivity index (χ3v) is 3.71. The molecule has 0 N–H and O–H groups in total. The third-order valence-electron chi connectivity index (χ3n) is 3.47. The maximum atomic E-state index is 12.4. The van der Waals surface area contributed by atoms with Gasteiger partial charge in [0.2, 0.25) is 5.78 Å². The summed E-state index contributed by atoms with van der Waals surface area (Å²) < 4.78 is 5.60. The van der Waals surface area contributed by atoms with Crippen LogP contribution in [0, 0.1) is 13.8 Å². The normalized spacial score (nSPS) is 10.9. The molecule has 0 radical (unpaired) electrons. The van der Waals surface area contributed by atoms with E-state index < -0.39 is 0 Å². The summed E-state index contributed by atoms with van der Waals surface area (Å²) in [6.45, 7) is 4.01. The Kier molecular flexibility index (Phi) is 3.11. The van der Waals surface area contributed by atoms with E-state index in [1.807, 2.05) is 32.0 Å². The molecule has 3 aromatic rings. The van der Waals surface area contributed by atoms with Crippen molar-refractivity contribution in [1.82, 2.24) is 0 Å². The minimum absolute atomic E-state index is 0.111. The molecule has 1 aromatic heterocycles. The fourth-order valence-corrected chi connectivity index (χ4v) is 2.33. The van der Waals surface area contributed by atoms with Crippen LogP contribution >= 0.6 is 11.6 Å². The number of carbonyl (C=O) groups is 1. The average Bonchev–Trinajstić information content (AvgIpc) is 2.84. The van der Waals surface area contributed by atoms with Gasteiger partial charge >= 0.3 is 0 Å². The van der Waals surface area contributed by atoms with E-state index in [-0.39, 0.29) is 5.78 Å². The van der Waals surface area contributed by atoms with Gasteiger partial charge in [-0.1, -0.05) is 23.7 Å². The van der Waals surface area contributed by atoms with Crippen LogP contribution in [0.1, 0.15) is 27.2 Å². The van der Waals surface area contributed by atoms with Gasteiger partial charge in [-0.05, 0) is 55.3 Å². The van der Waals surface area contributed by atoms with Crippen molar-refractivity contribution in [3.05, 3.63) is 69.9 Å². The summed E-state index contributed by atoms with van der Waals surface area (Å²) >= 11 is 5.94. The fraction of sp³-hybridized carbons (Fsp3) is 0.118. The molecular formula is C17H13ClO2. The van der Waals surface area contributed by atoms with Crippen LogP contribution in [0.25, 0.3) is 11.0 Å². The van der Waals surface area contributed by atoms with Crippen molar-refractivity contribution in [1.29, 1.82) is 0 Å². The molecule has 1 heterocycles. The average molecular weight is 285 g/mol. The van der Waals surface area contributed by atoms with Crippen molar-refractivity contribution in [2.75, 3.05) is 0 Å². The monoisotopic (exact) mass is 284 g/mol. The number of furan rings is 1. The molecular weight excluding hydrogens is 272 g/mol. The van der Waals surface area contributed by atoms with E-state index in [0.29, 0.717) is 21.9 Å². The predicted molar refractivity (Wildman–Crippen MR) is 80.6 cm³/mol. The van der Waals surface area contributed by atoms with Crippen LogP contribution in [0.2, 0.25) is 5.02 Å². The minimum atomic E-state index is -0.111. The second-order valence-electron chi connectivity index (χ2n) is 4.92. The lowest BCUT2D eigenvalue weighted by atomic mass is 10.0. The molecule has 0 aliphatic rings. The Labute approximate surface area is 122 Å². The van der Waals surface area contributed by atoms with Crippen molar-refractivity contribution in [2.45, 2.75) is 13.8 Å². The molecule has 3 rings (SSSR count). The highest BCUT2D eigenvalue weighted by Gasteiger charge is 2.15. The van der Waals surface area contributed by atoms with Gasteiger partial charge in [0.1, 0.15) is 5.58 Å². The molecule has 0 aliphatic carbocycles. The highest BCUT2D eigenvalue weighted by Crippen LogP contribution is 2.25. The first-order chi connectivity index (χ1) is 9.54. The number of carbonyl (C=O) groups excluding carboxylic acids is 1. The Morgan fingerprint density at radius 1 is 1.00 bits per heavy atom. The van der Waals surface area contributed by atoms with Crippen LogP contribution in [0.15, 0.2) is 46.9 Å². The largest absolute Gasteiger partial charge is 0.453 e. The van der Waals surface area contributed by atoms with E-state index in [0.717, 1.165) is 16.5 Å². The summed E-state index contributed by atoms with van der Waals surface area (Å²) in [6, 6.07) is 12.7. The Morgan fingerprint density at radius 2 is 1.80 bits per heavy atom. The zero-order chi connectivity index (χ0) is 14.3. The van der Waals surface area contributed by atoms with Crippen molar-refractivity contribution in [3.63, 3.8) is 0 Å². The number of halogens is 1. The van der Waals surface area contributed by atoms with Gasteiger partial charge in [0, 0.05) is 16.0 Å². The summed E-state index contributed by atoms with van der Waals surface area (Å²) in [4.78, 5) is 12.4. The summed E-state index contributed by atoms with van der Waals surface area (Å²) in [6.07, 6.45) is 0. The van der Waals surface area contributed by atoms with E-state index in [4.69, 9.17) is 16.0 Å². The standard InChI is InChI=1S/C17H13ClO2/c1-10-3-4-12(7-11(10)2)17(19)16-9-13-8-14(18)5-6-15(13)20-16/h3-9H,1-2H3. The topological polar surface area (TPSA) is 30.2 Å². The summed E-state index contributed by atoms with van der Waals surface area (Å²) in [7, 11) is 0. The molecule has 2 nitrogen and oxygen atoms in total. The van der Waals surface area contributed by atoms with Gasteiger partial charge in [0.05, 0.1) is 0 Å². The second-order valence-corrected chi connectivity index (χ2v) is 5.36. The number of hydrogen-bond donors (Lipinski definition) is 0. The fourth-order valence-electron chi connectivity index (χ4n) is 2.15. The number of ketones is 1. The summed E-state index contributed by atoms with van der Waals surface area (Å²) in [5, 5.41) is 1.47. The molecule has 100 valence electrons. The summed E-state index contributed by atoms with van der Waals surface area (Å²) in [5.74, 6) is 0.228. The third kappa shape index (κ3) is 2.23. The molecule has 0 atom stereocenters. The van der Waals surface area contributed by atoms with Gasteiger partial charge in [-0.15, -0.1) is 0 Å². The molecule has 0 unspecified atom stereocenters. The maximum Gasteiger partial charge on any atom is 0.228 e. The number of aryl methyl sites for hydroxylation is 2. The molecule has 2 aromatic carbocycles. The Balaban J connectivity index is 2.05. The first kappa shape index (κ1) is 12.9. The summed E-state index contributed by atoms with van der Waals surface area (Å²) in [5.41, 5.74) is 3.56. The van der Waals surface area contributed by atoms with Gasteiger partial charge < -0.3 is 4.42 Å². The van der Waals surface area contributed by atoms with Crippen molar-refractivity contribution in [2.24, 2.45) is 0 Å². The minimum Gasteiger partial charge on any atom is -0.453 e. The second kappa shape index (κ2) is 4.80. The SMILES string of the molecule is Cc1ccc(C(=O)c2cc3cc(Cl)ccc3o2)cc1C. The van der Waals surface area contributed by atoms with Crippen LogP contribution in [0.3, 0.4) is 0 Å². The van der Waals surface area contributed by atoms with Gasteiger partial charge in [0.15, 0.2) is 5.76 Å². The number of rotatable bonds is 2. The van der Waals surface area contributed by atoms with Crippen LogP contribution < -0.4 is 0 Å². The highest BCUT2D eigenvalue weighted by molar-refractivity contribution is 6.31. The van der Waals surface area contributed by atoms with Crippen LogP contribution in [0.4, 0.5) is 0 Å². The smallest absolute Gasteiger partial charge is 0.228 e. The Bertz CT molecular complexity index is 815. The molecule has 3 heteroatoms. The van der Waals surface area contributed by atoms with E-state index >= 15 is 0 Å². The molecule has 0 saturated heterocycles. The van der Waals surface area contributed by atoms with Crippen LogP contribution in [-0.4, -0.2) is 5.78 Å². The Morgan fingerprint density at radius 3 is 2.55 bits per heavy atom. The number of fused-ring (bicyclic) bond motifs is 1. The van der Waals surface area contributed by atoms with Crippen LogP contribution in [0.5, 0.6) is 0 Å². The molecule has 0 amide bonds.